The van der Waals surface area contributed by atoms with Crippen LogP contribution in [0.3, 0.4) is 0 Å². The second-order valence-corrected chi connectivity index (χ2v) is 9.45. The van der Waals surface area contributed by atoms with E-state index in [2.05, 4.69) is 55.5 Å². The second-order valence-electron chi connectivity index (χ2n) is 9.45. The first-order chi connectivity index (χ1) is 18.1. The summed E-state index contributed by atoms with van der Waals surface area (Å²) in [5.74, 6) is 0.953. The molecule has 1 saturated heterocycles. The van der Waals surface area contributed by atoms with Crippen LogP contribution in [0, 0.1) is 0 Å². The molecule has 1 aliphatic heterocycles. The quantitative estimate of drug-likeness (QED) is 0.294. The zero-order chi connectivity index (χ0) is 25.9. The van der Waals surface area contributed by atoms with Gasteiger partial charge in [0.25, 0.3) is 0 Å². The molecule has 6 heteroatoms. The fraction of sp³-hybridized carbons (Fsp3) is 0.387. The zero-order valence-electron chi connectivity index (χ0n) is 21.6. The van der Waals surface area contributed by atoms with Crippen molar-refractivity contribution < 1.29 is 24.1 Å². The zero-order valence-corrected chi connectivity index (χ0v) is 21.6. The third-order valence-electron chi connectivity index (χ3n) is 6.85. The topological polar surface area (TPSA) is 68.2 Å². The van der Waals surface area contributed by atoms with E-state index in [1.807, 2.05) is 30.3 Å². The van der Waals surface area contributed by atoms with Gasteiger partial charge >= 0.3 is 6.09 Å². The van der Waals surface area contributed by atoms with Crippen LogP contribution in [0.5, 0.6) is 5.75 Å². The lowest BCUT2D eigenvalue weighted by Crippen LogP contribution is -2.46. The molecule has 0 aromatic heterocycles. The molecule has 3 aromatic rings. The second kappa shape index (κ2) is 13.8. The van der Waals surface area contributed by atoms with Gasteiger partial charge in [-0.3, -0.25) is 0 Å². The first-order valence-electron chi connectivity index (χ1n) is 13.1. The molecule has 2 atom stereocenters. The summed E-state index contributed by atoms with van der Waals surface area (Å²) in [4.78, 5) is 13.1. The summed E-state index contributed by atoms with van der Waals surface area (Å²) in [7, 11) is 0. The molecule has 1 N–H and O–H groups in total. The third kappa shape index (κ3) is 8.07. The number of nitrogens with zero attached hydrogens (tertiary/aromatic N) is 1. The van der Waals surface area contributed by atoms with Crippen LogP contribution in [0.1, 0.15) is 47.9 Å². The van der Waals surface area contributed by atoms with Crippen LogP contribution in [0.4, 0.5) is 4.79 Å². The van der Waals surface area contributed by atoms with Crippen molar-refractivity contribution in [3.05, 3.63) is 101 Å². The van der Waals surface area contributed by atoms with Crippen LogP contribution < -0.4 is 4.74 Å². The van der Waals surface area contributed by atoms with Gasteiger partial charge < -0.3 is 24.2 Å². The predicted molar refractivity (Wildman–Crippen MR) is 144 cm³/mol. The van der Waals surface area contributed by atoms with Crippen LogP contribution in [-0.2, 0) is 29.1 Å². The summed E-state index contributed by atoms with van der Waals surface area (Å²) >= 11 is 0. The molecular formula is C31H37NO5. The SMILES string of the molecule is CCc1ccc(COC2CN(C(=O)O)CCC2c2ccc(OCCCOCc3ccccc3)cc2)cc1. The highest BCUT2D eigenvalue weighted by Gasteiger charge is 2.33. The Kier molecular flexibility index (Phi) is 9.97. The van der Waals surface area contributed by atoms with E-state index in [-0.39, 0.29) is 12.0 Å². The first-order valence-corrected chi connectivity index (χ1v) is 13.1. The van der Waals surface area contributed by atoms with Crippen LogP contribution in [0.25, 0.3) is 0 Å². The van der Waals surface area contributed by atoms with Gasteiger partial charge in [-0.25, -0.2) is 4.79 Å². The molecular weight excluding hydrogens is 466 g/mol. The molecule has 1 aliphatic rings. The Morgan fingerprint density at radius 2 is 1.59 bits per heavy atom. The lowest BCUT2D eigenvalue weighted by atomic mass is 9.87. The summed E-state index contributed by atoms with van der Waals surface area (Å²) in [6.45, 7) is 5.33. The average molecular weight is 504 g/mol. The van der Waals surface area contributed by atoms with Crippen molar-refractivity contribution in [2.24, 2.45) is 0 Å². The van der Waals surface area contributed by atoms with Crippen molar-refractivity contribution in [2.45, 2.75) is 51.4 Å². The highest BCUT2D eigenvalue weighted by atomic mass is 16.5. The van der Waals surface area contributed by atoms with Crippen molar-refractivity contribution in [2.75, 3.05) is 26.3 Å². The van der Waals surface area contributed by atoms with Gasteiger partial charge in [0.05, 0.1) is 39.1 Å². The van der Waals surface area contributed by atoms with Crippen molar-refractivity contribution in [1.82, 2.24) is 4.90 Å². The van der Waals surface area contributed by atoms with Gasteiger partial charge in [0.15, 0.2) is 0 Å². The molecule has 1 fully saturated rings. The Bertz CT molecular complexity index is 1080. The lowest BCUT2D eigenvalue weighted by Gasteiger charge is -2.37. The van der Waals surface area contributed by atoms with E-state index in [9.17, 15) is 9.90 Å². The van der Waals surface area contributed by atoms with Gasteiger partial charge in [0.2, 0.25) is 0 Å². The van der Waals surface area contributed by atoms with Crippen LogP contribution in [-0.4, -0.2) is 48.5 Å². The molecule has 1 heterocycles. The maximum Gasteiger partial charge on any atom is 0.407 e. The molecule has 37 heavy (non-hydrogen) atoms. The maximum absolute atomic E-state index is 11.6. The van der Waals surface area contributed by atoms with E-state index < -0.39 is 6.09 Å². The number of hydrogen-bond donors (Lipinski definition) is 1. The maximum atomic E-state index is 11.6. The number of ether oxygens (including phenoxy) is 3. The molecule has 196 valence electrons. The summed E-state index contributed by atoms with van der Waals surface area (Å²) in [5, 5.41) is 9.53. The highest BCUT2D eigenvalue weighted by Crippen LogP contribution is 2.32. The molecule has 4 rings (SSSR count). The first kappa shape index (κ1) is 26.7. The largest absolute Gasteiger partial charge is 0.494 e. The number of piperidine rings is 1. The standard InChI is InChI=1S/C31H37NO5/c1-2-24-9-11-26(12-10-24)23-37-30-21-32(31(33)34)18-17-29(30)27-13-15-28(16-14-27)36-20-6-19-35-22-25-7-4-3-5-8-25/h3-5,7-16,29-30H,2,6,17-23H2,1H3,(H,33,34). The van der Waals surface area contributed by atoms with E-state index in [1.54, 1.807) is 0 Å². The predicted octanol–water partition coefficient (Wildman–Crippen LogP) is 6.29. The van der Waals surface area contributed by atoms with Gasteiger partial charge in [0.1, 0.15) is 5.75 Å². The molecule has 0 bridgehead atoms. The third-order valence-corrected chi connectivity index (χ3v) is 6.85. The molecule has 0 radical (unpaired) electrons. The summed E-state index contributed by atoms with van der Waals surface area (Å²) in [6, 6.07) is 26.7. The van der Waals surface area contributed by atoms with Gasteiger partial charge in [-0.2, -0.15) is 0 Å². The van der Waals surface area contributed by atoms with Crippen LogP contribution in [0.2, 0.25) is 0 Å². The molecule has 1 amide bonds. The monoisotopic (exact) mass is 503 g/mol. The Balaban J connectivity index is 1.27. The van der Waals surface area contributed by atoms with Crippen molar-refractivity contribution in [1.29, 1.82) is 0 Å². The van der Waals surface area contributed by atoms with Gasteiger partial charge in [-0.1, -0.05) is 73.7 Å². The average Bonchev–Trinajstić information content (AvgIpc) is 2.95. The number of rotatable bonds is 12. The fourth-order valence-electron chi connectivity index (χ4n) is 4.64. The molecule has 3 aromatic carbocycles. The number of aryl methyl sites for hydroxylation is 1. The van der Waals surface area contributed by atoms with Gasteiger partial charge in [0, 0.05) is 18.9 Å². The molecule has 0 saturated carbocycles. The number of benzene rings is 3. The van der Waals surface area contributed by atoms with Crippen LogP contribution >= 0.6 is 0 Å². The smallest absolute Gasteiger partial charge is 0.407 e. The number of likely N-dealkylation sites (tertiary alicyclic amines) is 1. The Morgan fingerprint density at radius 1 is 0.892 bits per heavy atom. The fourth-order valence-corrected chi connectivity index (χ4v) is 4.64. The normalized spacial score (nSPS) is 17.5. The summed E-state index contributed by atoms with van der Waals surface area (Å²) in [5.41, 5.74) is 4.71. The Hall–Kier alpha value is -3.35. The highest BCUT2D eigenvalue weighted by molar-refractivity contribution is 5.65. The van der Waals surface area contributed by atoms with Crippen molar-refractivity contribution >= 4 is 6.09 Å². The van der Waals surface area contributed by atoms with E-state index in [4.69, 9.17) is 14.2 Å². The Labute approximate surface area is 219 Å². The minimum absolute atomic E-state index is 0.131. The number of carbonyl (C=O) groups is 1. The van der Waals surface area contributed by atoms with Gasteiger partial charge in [-0.15, -0.1) is 0 Å². The van der Waals surface area contributed by atoms with Crippen LogP contribution in [0.15, 0.2) is 78.9 Å². The number of amides is 1. The Morgan fingerprint density at radius 3 is 2.30 bits per heavy atom. The summed E-state index contributed by atoms with van der Waals surface area (Å²) in [6.07, 6.45) is 1.45. The van der Waals surface area contributed by atoms with E-state index in [0.717, 1.165) is 36.1 Å². The van der Waals surface area contributed by atoms with E-state index >= 15 is 0 Å². The van der Waals surface area contributed by atoms with Gasteiger partial charge in [-0.05, 0) is 47.2 Å². The van der Waals surface area contributed by atoms with E-state index in [0.29, 0.717) is 39.5 Å². The number of carboxylic acid groups (broad SMARTS) is 1. The molecule has 6 nitrogen and oxygen atoms in total. The molecule has 0 spiro atoms. The lowest BCUT2D eigenvalue weighted by molar-refractivity contribution is -0.0199. The summed E-state index contributed by atoms with van der Waals surface area (Å²) < 4.78 is 17.9. The molecule has 2 unspecified atom stereocenters. The minimum atomic E-state index is -0.893. The van der Waals surface area contributed by atoms with E-state index in [1.165, 1.54) is 16.0 Å². The van der Waals surface area contributed by atoms with Crippen molar-refractivity contribution in [3.63, 3.8) is 0 Å². The van der Waals surface area contributed by atoms with Crippen molar-refractivity contribution in [3.8, 4) is 5.75 Å². The minimum Gasteiger partial charge on any atom is -0.494 e. The molecule has 0 aliphatic carbocycles. The number of hydrogen-bond acceptors (Lipinski definition) is 4.